The van der Waals surface area contributed by atoms with Gasteiger partial charge in [-0.15, -0.1) is 0 Å². The smallest absolute Gasteiger partial charge is 0.338 e. The van der Waals surface area contributed by atoms with Gasteiger partial charge in [-0.1, -0.05) is 17.7 Å². The zero-order valence-corrected chi connectivity index (χ0v) is 12.9. The van der Waals surface area contributed by atoms with Crippen molar-refractivity contribution < 1.29 is 13.2 Å². The molecule has 0 aliphatic heterocycles. The first-order valence-corrected chi connectivity index (χ1v) is 7.02. The molecular weight excluding hydrogens is 301 g/mol. The number of hydrogen-bond acceptors (Lipinski definition) is 1. The Hall–Kier alpha value is -1.20. The topological polar surface area (TPSA) is 17.0 Å². The van der Waals surface area contributed by atoms with E-state index in [1.165, 1.54) is 4.57 Å². The van der Waals surface area contributed by atoms with E-state index >= 15 is 0 Å². The van der Waals surface area contributed by atoms with Crippen molar-refractivity contribution in [3.8, 4) is 0 Å². The average Bonchev–Trinajstić information content (AvgIpc) is 2.61. The summed E-state index contributed by atoms with van der Waals surface area (Å²) in [6.45, 7) is 5.53. The van der Waals surface area contributed by atoms with Gasteiger partial charge in [0.25, 0.3) is 0 Å². The highest BCUT2D eigenvalue weighted by molar-refractivity contribution is 6.31. The number of nitrogens with one attached hydrogen (secondary N) is 1. The predicted octanol–water partition coefficient (Wildman–Crippen LogP) is 4.75. The van der Waals surface area contributed by atoms with E-state index in [9.17, 15) is 13.2 Å². The van der Waals surface area contributed by atoms with Crippen molar-refractivity contribution >= 4 is 22.5 Å². The Labute approximate surface area is 126 Å². The van der Waals surface area contributed by atoms with Crippen molar-refractivity contribution in [1.29, 1.82) is 0 Å². The minimum Gasteiger partial charge on any atom is -0.338 e. The van der Waals surface area contributed by atoms with Crippen LogP contribution in [0.2, 0.25) is 5.02 Å². The number of alkyl halides is 3. The zero-order valence-electron chi connectivity index (χ0n) is 12.2. The molecule has 0 saturated heterocycles. The van der Waals surface area contributed by atoms with Crippen molar-refractivity contribution in [3.63, 3.8) is 0 Å². The molecule has 1 aromatic carbocycles. The van der Waals surface area contributed by atoms with Crippen LogP contribution >= 0.6 is 11.6 Å². The standard InChI is InChI=1S/C15H18ClF3N2/c1-14(2,3)20-7-10-8-21(9-15(17,18)19)13-6-11(16)4-5-12(10)13/h4-6,8,20H,7,9H2,1-3H3. The number of nitrogens with zero attached hydrogens (tertiary/aromatic N) is 1. The van der Waals surface area contributed by atoms with Crippen molar-refractivity contribution in [2.45, 2.75) is 45.6 Å². The highest BCUT2D eigenvalue weighted by Crippen LogP contribution is 2.28. The van der Waals surface area contributed by atoms with Gasteiger partial charge < -0.3 is 9.88 Å². The minimum atomic E-state index is -4.26. The van der Waals surface area contributed by atoms with E-state index in [2.05, 4.69) is 5.32 Å². The Bertz CT molecular complexity index is 639. The number of fused-ring (bicyclic) bond motifs is 1. The van der Waals surface area contributed by atoms with E-state index in [4.69, 9.17) is 11.6 Å². The maximum atomic E-state index is 12.7. The molecule has 21 heavy (non-hydrogen) atoms. The maximum absolute atomic E-state index is 12.7. The van der Waals surface area contributed by atoms with E-state index in [0.29, 0.717) is 17.1 Å². The second-order valence-corrected chi connectivity index (χ2v) is 6.60. The molecule has 1 N–H and O–H groups in total. The van der Waals surface area contributed by atoms with E-state index in [1.807, 2.05) is 20.8 Å². The third-order valence-electron chi connectivity index (χ3n) is 3.09. The van der Waals surface area contributed by atoms with Crippen LogP contribution in [0.15, 0.2) is 24.4 Å². The van der Waals surface area contributed by atoms with Crippen molar-refractivity contribution in [2.75, 3.05) is 0 Å². The van der Waals surface area contributed by atoms with Crippen LogP contribution in [0.25, 0.3) is 10.9 Å². The van der Waals surface area contributed by atoms with Gasteiger partial charge in [0.1, 0.15) is 6.54 Å². The summed E-state index contributed by atoms with van der Waals surface area (Å²) in [5, 5.41) is 4.52. The lowest BCUT2D eigenvalue weighted by Crippen LogP contribution is -2.35. The van der Waals surface area contributed by atoms with Crippen LogP contribution in [0.3, 0.4) is 0 Å². The Kier molecular flexibility index (Phi) is 4.26. The van der Waals surface area contributed by atoms with Crippen LogP contribution in [0.5, 0.6) is 0 Å². The molecule has 0 radical (unpaired) electrons. The van der Waals surface area contributed by atoms with Crippen LogP contribution < -0.4 is 5.32 Å². The lowest BCUT2D eigenvalue weighted by Gasteiger charge is -2.20. The molecule has 2 aromatic rings. The molecule has 0 spiro atoms. The second-order valence-electron chi connectivity index (χ2n) is 6.16. The fourth-order valence-electron chi connectivity index (χ4n) is 2.17. The highest BCUT2D eigenvalue weighted by atomic mass is 35.5. The molecule has 116 valence electrons. The quantitative estimate of drug-likeness (QED) is 0.864. The number of rotatable bonds is 3. The Morgan fingerprint density at radius 3 is 2.43 bits per heavy atom. The van der Waals surface area contributed by atoms with Crippen LogP contribution in [-0.4, -0.2) is 16.3 Å². The van der Waals surface area contributed by atoms with Gasteiger partial charge in [0.05, 0.1) is 5.52 Å². The summed E-state index contributed by atoms with van der Waals surface area (Å²) < 4.78 is 39.3. The summed E-state index contributed by atoms with van der Waals surface area (Å²) >= 11 is 5.91. The molecule has 0 saturated carbocycles. The molecule has 6 heteroatoms. The van der Waals surface area contributed by atoms with Gasteiger partial charge in [-0.05, 0) is 38.5 Å². The molecule has 1 aromatic heterocycles. The number of hydrogen-bond donors (Lipinski definition) is 1. The molecule has 0 amide bonds. The molecule has 0 aliphatic rings. The molecule has 2 rings (SSSR count). The SMILES string of the molecule is CC(C)(C)NCc1cn(CC(F)(F)F)c2cc(Cl)ccc12. The highest BCUT2D eigenvalue weighted by Gasteiger charge is 2.29. The summed E-state index contributed by atoms with van der Waals surface area (Å²) in [5.74, 6) is 0. The number of halogens is 4. The van der Waals surface area contributed by atoms with E-state index in [1.54, 1.807) is 24.4 Å². The monoisotopic (exact) mass is 318 g/mol. The average molecular weight is 319 g/mol. The summed E-state index contributed by atoms with van der Waals surface area (Å²) in [4.78, 5) is 0. The van der Waals surface area contributed by atoms with Crippen LogP contribution in [0, 0.1) is 0 Å². The Morgan fingerprint density at radius 1 is 1.19 bits per heavy atom. The fourth-order valence-corrected chi connectivity index (χ4v) is 2.33. The van der Waals surface area contributed by atoms with Crippen LogP contribution in [0.1, 0.15) is 26.3 Å². The van der Waals surface area contributed by atoms with Crippen LogP contribution in [0.4, 0.5) is 13.2 Å². The molecule has 1 heterocycles. The lowest BCUT2D eigenvalue weighted by molar-refractivity contribution is -0.139. The van der Waals surface area contributed by atoms with Gasteiger partial charge in [-0.3, -0.25) is 0 Å². The first kappa shape index (κ1) is 16.2. The van der Waals surface area contributed by atoms with Crippen LogP contribution in [-0.2, 0) is 13.1 Å². The number of aromatic nitrogens is 1. The van der Waals surface area contributed by atoms with Crippen molar-refractivity contribution in [1.82, 2.24) is 9.88 Å². The van der Waals surface area contributed by atoms with Gasteiger partial charge >= 0.3 is 6.18 Å². The van der Waals surface area contributed by atoms with Gasteiger partial charge in [0.2, 0.25) is 0 Å². The largest absolute Gasteiger partial charge is 0.406 e. The first-order chi connectivity index (χ1) is 9.55. The van der Waals surface area contributed by atoms with E-state index < -0.39 is 12.7 Å². The molecule has 2 nitrogen and oxygen atoms in total. The van der Waals surface area contributed by atoms with Gasteiger partial charge in [-0.2, -0.15) is 13.2 Å². The Morgan fingerprint density at radius 2 is 1.86 bits per heavy atom. The predicted molar refractivity (Wildman–Crippen MR) is 79.6 cm³/mol. The molecule has 0 atom stereocenters. The second kappa shape index (κ2) is 5.54. The molecule has 0 unspecified atom stereocenters. The fraction of sp³-hybridized carbons (Fsp3) is 0.467. The van der Waals surface area contributed by atoms with Crippen molar-refractivity contribution in [2.24, 2.45) is 0 Å². The summed E-state index contributed by atoms with van der Waals surface area (Å²) in [6.07, 6.45) is -2.71. The van der Waals surface area contributed by atoms with E-state index in [0.717, 1.165) is 10.9 Å². The van der Waals surface area contributed by atoms with Gasteiger partial charge in [0.15, 0.2) is 0 Å². The minimum absolute atomic E-state index is 0.106. The van der Waals surface area contributed by atoms with Crippen molar-refractivity contribution in [3.05, 3.63) is 35.0 Å². The Balaban J connectivity index is 2.42. The lowest BCUT2D eigenvalue weighted by atomic mass is 10.1. The third kappa shape index (κ3) is 4.38. The zero-order chi connectivity index (χ0) is 15.8. The maximum Gasteiger partial charge on any atom is 0.406 e. The van der Waals surface area contributed by atoms with E-state index in [-0.39, 0.29) is 5.54 Å². The molecule has 0 aliphatic carbocycles. The first-order valence-electron chi connectivity index (χ1n) is 6.64. The third-order valence-corrected chi connectivity index (χ3v) is 3.32. The molecule has 0 fully saturated rings. The molecular formula is C15H18ClF3N2. The van der Waals surface area contributed by atoms with Gasteiger partial charge in [-0.25, -0.2) is 0 Å². The number of benzene rings is 1. The summed E-state index contributed by atoms with van der Waals surface area (Å²) in [5.41, 5.74) is 1.23. The summed E-state index contributed by atoms with van der Waals surface area (Å²) in [7, 11) is 0. The normalized spacial score (nSPS) is 13.1. The summed E-state index contributed by atoms with van der Waals surface area (Å²) in [6, 6.07) is 5.04. The molecule has 0 bridgehead atoms. The van der Waals surface area contributed by atoms with Gasteiger partial charge in [0, 0.05) is 28.7 Å².